The summed E-state index contributed by atoms with van der Waals surface area (Å²) in [5.74, 6) is -0.180. The number of nitrogens with zero attached hydrogens (tertiary/aromatic N) is 2. The van der Waals surface area contributed by atoms with E-state index in [2.05, 4.69) is 10.3 Å². The number of amides is 1. The molecule has 3 N–H and O–H groups in total. The number of benzene rings is 2. The largest absolute Gasteiger partial charge is 0.325 e. The van der Waals surface area contributed by atoms with E-state index in [1.807, 2.05) is 24.5 Å². The van der Waals surface area contributed by atoms with Gasteiger partial charge in [-0.15, -0.1) is 0 Å². The lowest BCUT2D eigenvalue weighted by Gasteiger charge is -2.14. The Hall–Kier alpha value is -2.07. The molecule has 7 nitrogen and oxygen atoms in total. The summed E-state index contributed by atoms with van der Waals surface area (Å²) >= 11 is 7.31. The summed E-state index contributed by atoms with van der Waals surface area (Å²) in [6, 6.07) is 9.90. The Morgan fingerprint density at radius 2 is 2.03 bits per heavy atom. The molecule has 154 valence electrons. The maximum absolute atomic E-state index is 12.7. The first kappa shape index (κ1) is 21.6. The van der Waals surface area contributed by atoms with Crippen LogP contribution >= 0.6 is 23.4 Å². The molecule has 3 aromatic rings. The monoisotopic (exact) mass is 452 g/mol. The second kappa shape index (κ2) is 8.35. The number of nitrogens with one attached hydrogen (secondary N) is 1. The third-order valence-electron chi connectivity index (χ3n) is 4.44. The van der Waals surface area contributed by atoms with Crippen LogP contribution in [-0.2, 0) is 21.4 Å². The number of nitrogens with two attached hydrogens (primary N) is 1. The lowest BCUT2D eigenvalue weighted by atomic mass is 10.2. The summed E-state index contributed by atoms with van der Waals surface area (Å²) in [5.41, 5.74) is 2.87. The van der Waals surface area contributed by atoms with Crippen LogP contribution in [-0.4, -0.2) is 29.1 Å². The van der Waals surface area contributed by atoms with Crippen molar-refractivity contribution in [1.82, 2.24) is 9.55 Å². The Kier molecular flexibility index (Phi) is 6.23. The lowest BCUT2D eigenvalue weighted by molar-refractivity contribution is -0.115. The van der Waals surface area contributed by atoms with Crippen molar-refractivity contribution < 1.29 is 13.2 Å². The fourth-order valence-corrected chi connectivity index (χ4v) is 4.53. The summed E-state index contributed by atoms with van der Waals surface area (Å²) < 4.78 is 25.1. The van der Waals surface area contributed by atoms with Crippen LogP contribution < -0.4 is 10.5 Å². The molecular formula is C19H21ClN4O3S2. The molecule has 1 amide bonds. The van der Waals surface area contributed by atoms with Gasteiger partial charge in [-0.2, -0.15) is 0 Å². The number of carbonyl (C=O) groups excluding carboxylic acids is 1. The van der Waals surface area contributed by atoms with Crippen LogP contribution in [0.25, 0.3) is 11.0 Å². The minimum Gasteiger partial charge on any atom is -0.325 e. The van der Waals surface area contributed by atoms with Crippen LogP contribution in [0.3, 0.4) is 0 Å². The molecular weight excluding hydrogens is 432 g/mol. The second-order valence-electron chi connectivity index (χ2n) is 6.54. The van der Waals surface area contributed by atoms with Crippen LogP contribution in [0, 0.1) is 6.92 Å². The molecule has 0 aliphatic heterocycles. The van der Waals surface area contributed by atoms with Gasteiger partial charge in [-0.3, -0.25) is 4.79 Å². The Morgan fingerprint density at radius 3 is 2.69 bits per heavy atom. The van der Waals surface area contributed by atoms with Gasteiger partial charge in [0.15, 0.2) is 5.16 Å². The van der Waals surface area contributed by atoms with Gasteiger partial charge in [0, 0.05) is 17.3 Å². The first-order chi connectivity index (χ1) is 13.6. The number of sulfonamides is 1. The molecule has 0 spiro atoms. The first-order valence-electron chi connectivity index (χ1n) is 8.87. The molecule has 0 fully saturated rings. The fraction of sp³-hybridized carbons (Fsp3) is 0.263. The average molecular weight is 453 g/mol. The summed E-state index contributed by atoms with van der Waals surface area (Å²) in [4.78, 5) is 17.2. The molecule has 29 heavy (non-hydrogen) atoms. The van der Waals surface area contributed by atoms with E-state index in [1.165, 1.54) is 23.9 Å². The second-order valence-corrected chi connectivity index (χ2v) is 9.85. The zero-order valence-electron chi connectivity index (χ0n) is 16.1. The molecule has 3 rings (SSSR count). The fourth-order valence-electron chi connectivity index (χ4n) is 2.83. The maximum Gasteiger partial charge on any atom is 0.238 e. The summed E-state index contributed by atoms with van der Waals surface area (Å²) in [6.45, 7) is 6.26. The van der Waals surface area contributed by atoms with Crippen LogP contribution in [0.15, 0.2) is 46.5 Å². The number of imidazole rings is 1. The highest BCUT2D eigenvalue weighted by Crippen LogP contribution is 2.29. The van der Waals surface area contributed by atoms with Crippen LogP contribution in [0.1, 0.15) is 19.4 Å². The topological polar surface area (TPSA) is 107 Å². The van der Waals surface area contributed by atoms with Gasteiger partial charge < -0.3 is 9.88 Å². The molecule has 1 unspecified atom stereocenters. The number of fused-ring (bicyclic) bond motifs is 1. The van der Waals surface area contributed by atoms with Crippen LogP contribution in [0.2, 0.25) is 5.02 Å². The van der Waals surface area contributed by atoms with E-state index in [4.69, 9.17) is 16.7 Å². The molecule has 0 saturated carbocycles. The van der Waals surface area contributed by atoms with Crippen molar-refractivity contribution in [3.05, 3.63) is 47.0 Å². The highest BCUT2D eigenvalue weighted by molar-refractivity contribution is 8.00. The number of halogens is 1. The van der Waals surface area contributed by atoms with Crippen LogP contribution in [0.5, 0.6) is 0 Å². The SMILES string of the molecule is CCn1c(SC(C)C(=O)Nc2cc(Cl)ccc2C)nc2cc(S(N)(=O)=O)ccc21. The number of hydrogen-bond donors (Lipinski definition) is 2. The van der Waals surface area contributed by atoms with Gasteiger partial charge in [-0.05, 0) is 56.7 Å². The molecule has 1 aromatic heterocycles. The number of aromatic nitrogens is 2. The highest BCUT2D eigenvalue weighted by Gasteiger charge is 2.21. The van der Waals surface area contributed by atoms with Gasteiger partial charge in [0.1, 0.15) is 0 Å². The minimum atomic E-state index is -3.81. The number of aryl methyl sites for hydroxylation is 2. The van der Waals surface area contributed by atoms with Crippen molar-refractivity contribution in [3.8, 4) is 0 Å². The lowest BCUT2D eigenvalue weighted by Crippen LogP contribution is -2.23. The number of rotatable bonds is 6. The van der Waals surface area contributed by atoms with Crippen molar-refractivity contribution in [1.29, 1.82) is 0 Å². The highest BCUT2D eigenvalue weighted by atomic mass is 35.5. The Labute approximate surface area is 178 Å². The molecule has 0 aliphatic carbocycles. The summed E-state index contributed by atoms with van der Waals surface area (Å²) in [6.07, 6.45) is 0. The van der Waals surface area contributed by atoms with Gasteiger partial charge in [-0.25, -0.2) is 18.5 Å². The van der Waals surface area contributed by atoms with E-state index in [-0.39, 0.29) is 10.8 Å². The van der Waals surface area contributed by atoms with E-state index in [0.29, 0.717) is 27.9 Å². The van der Waals surface area contributed by atoms with Gasteiger partial charge in [0.2, 0.25) is 15.9 Å². The van der Waals surface area contributed by atoms with Crippen molar-refractivity contribution in [2.75, 3.05) is 5.32 Å². The Balaban J connectivity index is 1.86. The molecule has 1 heterocycles. The first-order valence-corrected chi connectivity index (χ1v) is 11.7. The number of anilines is 1. The molecule has 0 radical (unpaired) electrons. The average Bonchev–Trinajstić information content (AvgIpc) is 2.99. The summed E-state index contributed by atoms with van der Waals surface area (Å²) in [5, 5.41) is 8.84. The zero-order valence-corrected chi connectivity index (χ0v) is 18.5. The van der Waals surface area contributed by atoms with Crippen molar-refractivity contribution in [3.63, 3.8) is 0 Å². The van der Waals surface area contributed by atoms with E-state index >= 15 is 0 Å². The maximum atomic E-state index is 12.7. The number of thioether (sulfide) groups is 1. The van der Waals surface area contributed by atoms with Gasteiger partial charge in [-0.1, -0.05) is 29.4 Å². The third-order valence-corrected chi connectivity index (χ3v) is 6.67. The molecule has 0 aliphatic rings. The zero-order chi connectivity index (χ0) is 21.3. The van der Waals surface area contributed by atoms with Crippen LogP contribution in [0.4, 0.5) is 5.69 Å². The predicted molar refractivity (Wildman–Crippen MR) is 117 cm³/mol. The van der Waals surface area contributed by atoms with Gasteiger partial charge in [0.25, 0.3) is 0 Å². The number of carbonyl (C=O) groups is 1. The van der Waals surface area contributed by atoms with E-state index in [0.717, 1.165) is 11.1 Å². The molecule has 10 heteroatoms. The molecule has 2 aromatic carbocycles. The number of hydrogen-bond acceptors (Lipinski definition) is 5. The minimum absolute atomic E-state index is 0.00419. The Bertz CT molecular complexity index is 1190. The van der Waals surface area contributed by atoms with E-state index < -0.39 is 15.3 Å². The summed E-state index contributed by atoms with van der Waals surface area (Å²) in [7, 11) is -3.81. The van der Waals surface area contributed by atoms with Crippen molar-refractivity contribution in [2.24, 2.45) is 5.14 Å². The third kappa shape index (κ3) is 4.75. The molecule has 0 saturated heterocycles. The Morgan fingerprint density at radius 1 is 1.31 bits per heavy atom. The predicted octanol–water partition coefficient (Wildman–Crippen LogP) is 3.78. The molecule has 0 bridgehead atoms. The quantitative estimate of drug-likeness (QED) is 0.553. The van der Waals surface area contributed by atoms with Gasteiger partial charge >= 0.3 is 0 Å². The normalized spacial score (nSPS) is 12.9. The molecule has 1 atom stereocenters. The number of primary sulfonamides is 1. The van der Waals surface area contributed by atoms with Crippen molar-refractivity contribution in [2.45, 2.75) is 42.6 Å². The smallest absolute Gasteiger partial charge is 0.238 e. The van der Waals surface area contributed by atoms with E-state index in [1.54, 1.807) is 25.1 Å². The van der Waals surface area contributed by atoms with Gasteiger partial charge in [0.05, 0.1) is 21.2 Å². The van der Waals surface area contributed by atoms with Crippen molar-refractivity contribution >= 4 is 56.0 Å². The van der Waals surface area contributed by atoms with E-state index in [9.17, 15) is 13.2 Å². The standard InChI is InChI=1S/C19H21ClN4O3S2/c1-4-24-17-8-7-14(29(21,26)27)10-16(17)23-19(24)28-12(3)18(25)22-15-9-13(20)6-5-11(15)2/h5-10,12H,4H2,1-3H3,(H,22,25)(H2,21,26,27).